The maximum absolute atomic E-state index is 5.99. The minimum absolute atomic E-state index is 0.484. The van der Waals surface area contributed by atoms with Gasteiger partial charge in [-0.3, -0.25) is 4.90 Å². The van der Waals surface area contributed by atoms with Crippen LogP contribution in [0.15, 0.2) is 0 Å². The molecule has 0 aromatic carbocycles. The maximum Gasteiger partial charge on any atom is 0.0116 e. The lowest BCUT2D eigenvalue weighted by atomic mass is 9.97. The van der Waals surface area contributed by atoms with Crippen molar-refractivity contribution in [3.8, 4) is 0 Å². The summed E-state index contributed by atoms with van der Waals surface area (Å²) in [6.07, 6.45) is 5.23. The summed E-state index contributed by atoms with van der Waals surface area (Å²) in [6.45, 7) is 4.62. The van der Waals surface area contributed by atoms with Gasteiger partial charge in [-0.2, -0.15) is 0 Å². The molecule has 2 N–H and O–H groups in total. The van der Waals surface area contributed by atoms with Gasteiger partial charge in [-0.05, 0) is 39.5 Å². The van der Waals surface area contributed by atoms with E-state index in [0.717, 1.165) is 18.1 Å². The second-order valence-corrected chi connectivity index (χ2v) is 4.66. The van der Waals surface area contributed by atoms with E-state index in [-0.39, 0.29) is 0 Å². The summed E-state index contributed by atoms with van der Waals surface area (Å²) < 4.78 is 0. The van der Waals surface area contributed by atoms with E-state index in [1.165, 1.54) is 25.7 Å². The Kier molecular flexibility index (Phi) is 2.13. The molecule has 3 atom stereocenters. The molecular formula is C10H20N2. The van der Waals surface area contributed by atoms with Crippen molar-refractivity contribution in [3.05, 3.63) is 0 Å². The van der Waals surface area contributed by atoms with Crippen molar-refractivity contribution in [2.75, 3.05) is 0 Å². The lowest BCUT2D eigenvalue weighted by Crippen LogP contribution is -2.50. The predicted molar refractivity (Wildman–Crippen MR) is 51.0 cm³/mol. The molecule has 70 valence electrons. The zero-order valence-corrected chi connectivity index (χ0v) is 8.16. The van der Waals surface area contributed by atoms with Crippen molar-refractivity contribution < 1.29 is 0 Å². The molecule has 2 rings (SSSR count). The van der Waals surface area contributed by atoms with Gasteiger partial charge in [0.25, 0.3) is 0 Å². The van der Waals surface area contributed by atoms with Crippen LogP contribution in [0, 0.1) is 0 Å². The minimum Gasteiger partial charge on any atom is -0.328 e. The van der Waals surface area contributed by atoms with Gasteiger partial charge in [0.2, 0.25) is 0 Å². The zero-order chi connectivity index (χ0) is 8.72. The highest BCUT2D eigenvalue weighted by Crippen LogP contribution is 2.36. The third kappa shape index (κ3) is 1.27. The van der Waals surface area contributed by atoms with Crippen molar-refractivity contribution >= 4 is 0 Å². The molecule has 2 heteroatoms. The second-order valence-electron chi connectivity index (χ2n) is 4.66. The molecule has 0 aromatic heterocycles. The molecule has 0 unspecified atom stereocenters. The molecule has 12 heavy (non-hydrogen) atoms. The lowest BCUT2D eigenvalue weighted by Gasteiger charge is -2.40. The fourth-order valence-corrected chi connectivity index (χ4v) is 3.10. The van der Waals surface area contributed by atoms with Crippen LogP contribution in [0.3, 0.4) is 0 Å². The molecule has 0 spiro atoms. The monoisotopic (exact) mass is 168 g/mol. The summed E-state index contributed by atoms with van der Waals surface area (Å²) in [5.41, 5.74) is 5.99. The lowest BCUT2D eigenvalue weighted by molar-refractivity contribution is 0.0938. The third-order valence-electron chi connectivity index (χ3n) is 3.42. The smallest absolute Gasteiger partial charge is 0.0116 e. The minimum atomic E-state index is 0.484. The molecule has 0 amide bonds. The van der Waals surface area contributed by atoms with Crippen LogP contribution in [-0.4, -0.2) is 29.1 Å². The van der Waals surface area contributed by atoms with Gasteiger partial charge in [0, 0.05) is 24.2 Å². The van der Waals surface area contributed by atoms with Gasteiger partial charge >= 0.3 is 0 Å². The summed E-state index contributed by atoms with van der Waals surface area (Å²) in [5, 5.41) is 0. The van der Waals surface area contributed by atoms with E-state index in [4.69, 9.17) is 5.73 Å². The number of nitrogens with two attached hydrogens (primary N) is 1. The average molecular weight is 168 g/mol. The quantitative estimate of drug-likeness (QED) is 0.640. The van der Waals surface area contributed by atoms with Gasteiger partial charge in [0.05, 0.1) is 0 Å². The van der Waals surface area contributed by atoms with Gasteiger partial charge in [-0.15, -0.1) is 0 Å². The summed E-state index contributed by atoms with van der Waals surface area (Å²) in [6, 6.07) is 2.81. The van der Waals surface area contributed by atoms with Crippen LogP contribution in [0.2, 0.25) is 0 Å². The Morgan fingerprint density at radius 2 is 1.67 bits per heavy atom. The Labute approximate surface area is 75.1 Å². The fourth-order valence-electron chi connectivity index (χ4n) is 3.10. The molecule has 2 saturated heterocycles. The first kappa shape index (κ1) is 8.52. The molecule has 0 radical (unpaired) electrons. The number of piperidine rings is 1. The summed E-state index contributed by atoms with van der Waals surface area (Å²) in [7, 11) is 0. The Balaban J connectivity index is 2.09. The topological polar surface area (TPSA) is 29.3 Å². The third-order valence-corrected chi connectivity index (χ3v) is 3.42. The van der Waals surface area contributed by atoms with Gasteiger partial charge in [-0.25, -0.2) is 0 Å². The number of fused-ring (bicyclic) bond motifs is 2. The summed E-state index contributed by atoms with van der Waals surface area (Å²) in [5.74, 6) is 0. The van der Waals surface area contributed by atoms with Crippen LogP contribution in [0.1, 0.15) is 39.5 Å². The zero-order valence-electron chi connectivity index (χ0n) is 8.16. The standard InChI is InChI=1S/C10H20N2/c1-7(2)12-9-3-4-10(12)6-8(11)5-9/h7-10H,3-6,11H2,1-2H3/t8-,9+,10-. The highest BCUT2D eigenvalue weighted by molar-refractivity contribution is 4.97. The predicted octanol–water partition coefficient (Wildman–Crippen LogP) is 1.35. The van der Waals surface area contributed by atoms with E-state index in [0.29, 0.717) is 6.04 Å². The Morgan fingerprint density at radius 1 is 1.17 bits per heavy atom. The molecule has 0 aliphatic carbocycles. The van der Waals surface area contributed by atoms with E-state index in [1.54, 1.807) is 0 Å². The van der Waals surface area contributed by atoms with Crippen LogP contribution in [-0.2, 0) is 0 Å². The highest BCUT2D eigenvalue weighted by atomic mass is 15.2. The van der Waals surface area contributed by atoms with E-state index in [1.807, 2.05) is 0 Å². The van der Waals surface area contributed by atoms with Gasteiger partial charge in [0.15, 0.2) is 0 Å². The molecule has 2 bridgehead atoms. The van der Waals surface area contributed by atoms with Crippen LogP contribution < -0.4 is 5.73 Å². The van der Waals surface area contributed by atoms with Crippen LogP contribution in [0.25, 0.3) is 0 Å². The van der Waals surface area contributed by atoms with Crippen LogP contribution in [0.5, 0.6) is 0 Å². The van der Waals surface area contributed by atoms with E-state index < -0.39 is 0 Å². The molecule has 2 heterocycles. The van der Waals surface area contributed by atoms with E-state index >= 15 is 0 Å². The van der Waals surface area contributed by atoms with E-state index in [2.05, 4.69) is 18.7 Å². The van der Waals surface area contributed by atoms with Gasteiger partial charge in [0.1, 0.15) is 0 Å². The first-order valence-corrected chi connectivity index (χ1v) is 5.21. The summed E-state index contributed by atoms with van der Waals surface area (Å²) in [4.78, 5) is 2.68. The molecule has 2 aliphatic rings. The van der Waals surface area contributed by atoms with Crippen molar-refractivity contribution in [1.82, 2.24) is 4.90 Å². The van der Waals surface area contributed by atoms with Crippen molar-refractivity contribution in [1.29, 1.82) is 0 Å². The van der Waals surface area contributed by atoms with Crippen molar-refractivity contribution in [2.45, 2.75) is 63.7 Å². The Morgan fingerprint density at radius 3 is 2.08 bits per heavy atom. The SMILES string of the molecule is CC(C)N1[C@@H]2CC[C@H]1C[C@@H](N)C2. The highest BCUT2D eigenvalue weighted by Gasteiger charge is 2.40. The Bertz CT molecular complexity index is 153. The molecule has 2 aliphatic heterocycles. The van der Waals surface area contributed by atoms with Gasteiger partial charge < -0.3 is 5.73 Å². The number of hydrogen-bond donors (Lipinski definition) is 1. The largest absolute Gasteiger partial charge is 0.328 e. The normalized spacial score (nSPS) is 42.5. The van der Waals surface area contributed by atoms with Crippen molar-refractivity contribution in [3.63, 3.8) is 0 Å². The maximum atomic E-state index is 5.99. The molecule has 0 saturated carbocycles. The second kappa shape index (κ2) is 3.00. The molecular weight excluding hydrogens is 148 g/mol. The number of rotatable bonds is 1. The fraction of sp³-hybridized carbons (Fsp3) is 1.00. The summed E-state index contributed by atoms with van der Waals surface area (Å²) >= 11 is 0. The molecule has 2 nitrogen and oxygen atoms in total. The van der Waals surface area contributed by atoms with Crippen LogP contribution in [0.4, 0.5) is 0 Å². The van der Waals surface area contributed by atoms with Gasteiger partial charge in [-0.1, -0.05) is 0 Å². The average Bonchev–Trinajstić information content (AvgIpc) is 2.24. The first-order valence-electron chi connectivity index (χ1n) is 5.21. The molecule has 2 fully saturated rings. The van der Waals surface area contributed by atoms with Crippen molar-refractivity contribution in [2.24, 2.45) is 5.73 Å². The molecule has 0 aromatic rings. The number of hydrogen-bond acceptors (Lipinski definition) is 2. The number of nitrogens with zero attached hydrogens (tertiary/aromatic N) is 1. The van der Waals surface area contributed by atoms with Crippen LogP contribution >= 0.6 is 0 Å². The van der Waals surface area contributed by atoms with E-state index in [9.17, 15) is 0 Å². The Hall–Kier alpha value is -0.0800. The first-order chi connectivity index (χ1) is 5.68.